The molecule has 0 saturated carbocycles. The molecule has 1 atom stereocenters. The summed E-state index contributed by atoms with van der Waals surface area (Å²) in [6.07, 6.45) is 3.62. The van der Waals surface area contributed by atoms with Crippen molar-refractivity contribution in [3.8, 4) is 0 Å². The number of sulfonamides is 1. The third-order valence-electron chi connectivity index (χ3n) is 4.69. The van der Waals surface area contributed by atoms with Gasteiger partial charge in [-0.25, -0.2) is 8.42 Å². The number of aryl methyl sites for hydroxylation is 2. The first-order valence-electron chi connectivity index (χ1n) is 8.27. The largest absolute Gasteiger partial charge is 0.379 e. The van der Waals surface area contributed by atoms with E-state index >= 15 is 0 Å². The Morgan fingerprint density at radius 1 is 1.30 bits per heavy atom. The molecular formula is C15H26N4O3S. The van der Waals surface area contributed by atoms with Crippen LogP contribution in [0.5, 0.6) is 0 Å². The Kier molecular flexibility index (Phi) is 5.05. The van der Waals surface area contributed by atoms with E-state index in [1.54, 1.807) is 29.2 Å². The molecule has 0 aromatic carbocycles. The van der Waals surface area contributed by atoms with Gasteiger partial charge in [0.2, 0.25) is 10.0 Å². The van der Waals surface area contributed by atoms with Gasteiger partial charge in [-0.15, -0.1) is 0 Å². The maximum Gasteiger partial charge on any atom is 0.246 e. The fourth-order valence-electron chi connectivity index (χ4n) is 3.51. The highest BCUT2D eigenvalue weighted by Gasteiger charge is 2.33. The minimum Gasteiger partial charge on any atom is -0.379 e. The standard InChI is InChI=1S/C15H26N4O3S/c1-13-15(12-17(2)16-13)23(20,21)19-5-3-4-14(11-19)10-18-6-8-22-9-7-18/h12,14H,3-11H2,1-2H3. The second-order valence-electron chi connectivity index (χ2n) is 6.54. The van der Waals surface area contributed by atoms with Crippen LogP contribution in [0.15, 0.2) is 11.1 Å². The van der Waals surface area contributed by atoms with Gasteiger partial charge in [-0.1, -0.05) is 0 Å². The van der Waals surface area contributed by atoms with Crippen LogP contribution < -0.4 is 0 Å². The van der Waals surface area contributed by atoms with Crippen LogP contribution in [-0.4, -0.2) is 73.3 Å². The number of morpholine rings is 1. The van der Waals surface area contributed by atoms with E-state index in [-0.39, 0.29) is 0 Å². The second kappa shape index (κ2) is 6.88. The summed E-state index contributed by atoms with van der Waals surface area (Å²) >= 11 is 0. The first-order valence-corrected chi connectivity index (χ1v) is 9.71. The Bertz CT molecular complexity index is 637. The topological polar surface area (TPSA) is 67.7 Å². The molecule has 130 valence electrons. The van der Waals surface area contributed by atoms with Crippen molar-refractivity contribution in [1.82, 2.24) is 19.0 Å². The average Bonchev–Trinajstić information content (AvgIpc) is 2.88. The van der Waals surface area contributed by atoms with Crippen molar-refractivity contribution in [2.45, 2.75) is 24.7 Å². The van der Waals surface area contributed by atoms with Gasteiger partial charge in [0.1, 0.15) is 4.90 Å². The predicted molar refractivity (Wildman–Crippen MR) is 86.7 cm³/mol. The second-order valence-corrected chi connectivity index (χ2v) is 8.44. The minimum atomic E-state index is -3.44. The molecule has 0 spiro atoms. The van der Waals surface area contributed by atoms with Gasteiger partial charge in [-0.05, 0) is 25.7 Å². The Labute approximate surface area is 138 Å². The van der Waals surface area contributed by atoms with E-state index < -0.39 is 10.0 Å². The van der Waals surface area contributed by atoms with Crippen molar-refractivity contribution >= 4 is 10.0 Å². The normalized spacial score (nSPS) is 24.9. The predicted octanol–water partition coefficient (Wildman–Crippen LogP) is 0.461. The highest BCUT2D eigenvalue weighted by Crippen LogP contribution is 2.25. The lowest BCUT2D eigenvalue weighted by atomic mass is 9.99. The van der Waals surface area contributed by atoms with Gasteiger partial charge in [0.25, 0.3) is 0 Å². The van der Waals surface area contributed by atoms with Gasteiger partial charge >= 0.3 is 0 Å². The maximum absolute atomic E-state index is 12.9. The summed E-state index contributed by atoms with van der Waals surface area (Å²) in [5.74, 6) is 0.397. The Balaban J connectivity index is 1.68. The zero-order valence-electron chi connectivity index (χ0n) is 13.9. The molecule has 1 aromatic rings. The maximum atomic E-state index is 12.9. The van der Waals surface area contributed by atoms with Crippen LogP contribution in [0.3, 0.4) is 0 Å². The van der Waals surface area contributed by atoms with E-state index in [9.17, 15) is 8.42 Å². The molecule has 2 aliphatic rings. The Morgan fingerprint density at radius 3 is 2.70 bits per heavy atom. The Hall–Kier alpha value is -0.960. The lowest BCUT2D eigenvalue weighted by Crippen LogP contribution is -2.46. The van der Waals surface area contributed by atoms with Crippen molar-refractivity contribution in [2.75, 3.05) is 45.9 Å². The lowest BCUT2D eigenvalue weighted by molar-refractivity contribution is 0.0265. The summed E-state index contributed by atoms with van der Waals surface area (Å²) in [6, 6.07) is 0. The minimum absolute atomic E-state index is 0.340. The first-order chi connectivity index (χ1) is 11.0. The zero-order chi connectivity index (χ0) is 16.4. The molecule has 3 heterocycles. The van der Waals surface area contributed by atoms with Crippen LogP contribution in [0, 0.1) is 12.8 Å². The molecule has 1 unspecified atom stereocenters. The first kappa shape index (κ1) is 16.9. The molecule has 0 bridgehead atoms. The van der Waals surface area contributed by atoms with Gasteiger partial charge in [0, 0.05) is 46.0 Å². The molecule has 23 heavy (non-hydrogen) atoms. The summed E-state index contributed by atoms with van der Waals surface area (Å²) < 4.78 is 34.4. The van der Waals surface area contributed by atoms with Crippen molar-refractivity contribution in [3.05, 3.63) is 11.9 Å². The fraction of sp³-hybridized carbons (Fsp3) is 0.800. The number of piperidine rings is 1. The van der Waals surface area contributed by atoms with E-state index in [0.29, 0.717) is 29.6 Å². The quantitative estimate of drug-likeness (QED) is 0.795. The highest BCUT2D eigenvalue weighted by molar-refractivity contribution is 7.89. The van der Waals surface area contributed by atoms with Gasteiger partial charge in [-0.3, -0.25) is 9.58 Å². The van der Waals surface area contributed by atoms with Crippen molar-refractivity contribution in [2.24, 2.45) is 13.0 Å². The number of rotatable bonds is 4. The average molecular weight is 342 g/mol. The van der Waals surface area contributed by atoms with Crippen LogP contribution in [0.2, 0.25) is 0 Å². The smallest absolute Gasteiger partial charge is 0.246 e. The molecule has 3 rings (SSSR count). The van der Waals surface area contributed by atoms with E-state index in [4.69, 9.17) is 4.74 Å². The number of aromatic nitrogens is 2. The van der Waals surface area contributed by atoms with Gasteiger partial charge in [-0.2, -0.15) is 9.40 Å². The molecule has 2 saturated heterocycles. The molecule has 2 fully saturated rings. The highest BCUT2D eigenvalue weighted by atomic mass is 32.2. The van der Waals surface area contributed by atoms with Crippen molar-refractivity contribution < 1.29 is 13.2 Å². The molecule has 2 aliphatic heterocycles. The van der Waals surface area contributed by atoms with Gasteiger partial charge in [0.05, 0.1) is 18.9 Å². The van der Waals surface area contributed by atoms with E-state index in [1.807, 2.05) is 0 Å². The summed E-state index contributed by atoms with van der Waals surface area (Å²) in [6.45, 7) is 7.39. The summed E-state index contributed by atoms with van der Waals surface area (Å²) in [4.78, 5) is 2.73. The van der Waals surface area contributed by atoms with E-state index in [2.05, 4.69) is 10.00 Å². The molecule has 8 heteroatoms. The van der Waals surface area contributed by atoms with Crippen LogP contribution in [-0.2, 0) is 21.8 Å². The summed E-state index contributed by atoms with van der Waals surface area (Å²) in [7, 11) is -1.69. The molecule has 0 aliphatic carbocycles. The third kappa shape index (κ3) is 3.76. The van der Waals surface area contributed by atoms with E-state index in [1.165, 1.54) is 0 Å². The monoisotopic (exact) mass is 342 g/mol. The molecule has 0 amide bonds. The molecule has 0 radical (unpaired) electrons. The Morgan fingerprint density at radius 2 is 2.04 bits per heavy atom. The van der Waals surface area contributed by atoms with Gasteiger partial charge in [0.15, 0.2) is 0 Å². The SMILES string of the molecule is Cc1nn(C)cc1S(=O)(=O)N1CCCC(CN2CCOCC2)C1. The van der Waals surface area contributed by atoms with Crippen molar-refractivity contribution in [3.63, 3.8) is 0 Å². The number of hydrogen-bond donors (Lipinski definition) is 0. The zero-order valence-corrected chi connectivity index (χ0v) is 14.8. The lowest BCUT2D eigenvalue weighted by Gasteiger charge is -2.36. The molecule has 0 N–H and O–H groups in total. The van der Waals surface area contributed by atoms with Crippen LogP contribution in [0.1, 0.15) is 18.5 Å². The molecular weight excluding hydrogens is 316 g/mol. The number of ether oxygens (including phenoxy) is 1. The molecule has 7 nitrogen and oxygen atoms in total. The fourth-order valence-corrected chi connectivity index (χ4v) is 5.27. The summed E-state index contributed by atoms with van der Waals surface area (Å²) in [5.41, 5.74) is 0.572. The number of hydrogen-bond acceptors (Lipinski definition) is 5. The van der Waals surface area contributed by atoms with E-state index in [0.717, 1.165) is 45.7 Å². The summed E-state index contributed by atoms with van der Waals surface area (Å²) in [5, 5.41) is 4.17. The third-order valence-corrected chi connectivity index (χ3v) is 6.66. The van der Waals surface area contributed by atoms with Crippen LogP contribution in [0.25, 0.3) is 0 Å². The molecule has 1 aromatic heterocycles. The van der Waals surface area contributed by atoms with Crippen molar-refractivity contribution in [1.29, 1.82) is 0 Å². The van der Waals surface area contributed by atoms with Crippen LogP contribution in [0.4, 0.5) is 0 Å². The number of nitrogens with zero attached hydrogens (tertiary/aromatic N) is 4. The van der Waals surface area contributed by atoms with Crippen LogP contribution >= 0.6 is 0 Å². The van der Waals surface area contributed by atoms with Gasteiger partial charge < -0.3 is 4.74 Å².